The van der Waals surface area contributed by atoms with Gasteiger partial charge in [0.2, 0.25) is 0 Å². The van der Waals surface area contributed by atoms with Gasteiger partial charge in [-0.25, -0.2) is 9.59 Å². The van der Waals surface area contributed by atoms with E-state index < -0.39 is 11.5 Å². The molecule has 2 N–H and O–H groups in total. The number of aryl methyl sites for hydroxylation is 1. The molecule has 0 aliphatic rings. The predicted molar refractivity (Wildman–Crippen MR) is 104 cm³/mol. The molecule has 0 radical (unpaired) electrons. The van der Waals surface area contributed by atoms with E-state index in [-0.39, 0.29) is 24.1 Å². The maximum absolute atomic E-state index is 12.9. The fourth-order valence-corrected chi connectivity index (χ4v) is 2.70. The molecule has 1 aromatic rings. The largest absolute Gasteiger partial charge is 0.464 e. The summed E-state index contributed by atoms with van der Waals surface area (Å²) in [4.78, 5) is 43.8. The Bertz CT molecular complexity index is 701. The summed E-state index contributed by atoms with van der Waals surface area (Å²) in [6, 6.07) is -0.295. The molecule has 0 fully saturated rings. The third-order valence-corrected chi connectivity index (χ3v) is 4.03. The minimum Gasteiger partial charge on any atom is -0.464 e. The van der Waals surface area contributed by atoms with Gasteiger partial charge >= 0.3 is 12.0 Å². The van der Waals surface area contributed by atoms with Gasteiger partial charge in [0, 0.05) is 29.9 Å². The van der Waals surface area contributed by atoms with Crippen LogP contribution >= 0.6 is 0 Å². The van der Waals surface area contributed by atoms with Crippen molar-refractivity contribution >= 4 is 17.8 Å². The highest BCUT2D eigenvalue weighted by Crippen LogP contribution is 2.20. The van der Waals surface area contributed by atoms with Crippen LogP contribution in [-0.2, 0) is 4.74 Å². The molecule has 0 saturated heterocycles. The first-order valence-electron chi connectivity index (χ1n) is 8.90. The third kappa shape index (κ3) is 6.39. The Morgan fingerprint density at radius 1 is 1.11 bits per heavy atom. The lowest BCUT2D eigenvalue weighted by atomic mass is 10.1. The molecule has 0 aromatic carbocycles. The van der Waals surface area contributed by atoms with Gasteiger partial charge in [0.1, 0.15) is 5.69 Å². The van der Waals surface area contributed by atoms with E-state index in [0.29, 0.717) is 29.9 Å². The zero-order valence-corrected chi connectivity index (χ0v) is 17.6. The molecule has 27 heavy (non-hydrogen) atoms. The fraction of sp³-hybridized carbons (Fsp3) is 0.632. The highest BCUT2D eigenvalue weighted by Gasteiger charge is 2.26. The molecule has 0 aliphatic carbocycles. The van der Waals surface area contributed by atoms with Crippen LogP contribution in [0.3, 0.4) is 0 Å². The second-order valence-electron chi connectivity index (χ2n) is 7.94. The monoisotopic (exact) mass is 380 g/mol. The van der Waals surface area contributed by atoms with E-state index in [9.17, 15) is 14.4 Å². The van der Waals surface area contributed by atoms with Crippen molar-refractivity contribution < 1.29 is 19.1 Å². The first-order valence-corrected chi connectivity index (χ1v) is 8.90. The Hall–Kier alpha value is -2.35. The zero-order valence-electron chi connectivity index (χ0n) is 17.6. The van der Waals surface area contributed by atoms with Gasteiger partial charge in [0.25, 0.3) is 0 Å². The summed E-state index contributed by atoms with van der Waals surface area (Å²) < 4.78 is 4.74. The molecule has 0 aliphatic heterocycles. The lowest BCUT2D eigenvalue weighted by Crippen LogP contribution is -2.51. The van der Waals surface area contributed by atoms with Gasteiger partial charge in [0.05, 0.1) is 13.7 Å². The number of carbonyl (C=O) groups excluding carboxylic acids is 3. The van der Waals surface area contributed by atoms with Gasteiger partial charge in [-0.05, 0) is 54.3 Å². The molecule has 2 amide bonds. The number of amides is 2. The van der Waals surface area contributed by atoms with Crippen molar-refractivity contribution in [1.82, 2.24) is 20.1 Å². The van der Waals surface area contributed by atoms with Crippen molar-refractivity contribution in [1.29, 1.82) is 0 Å². The number of ketones is 1. The number of likely N-dealkylation sites (N-methyl/N-ethyl adjacent to an activating group) is 1. The quantitative estimate of drug-likeness (QED) is 0.557. The van der Waals surface area contributed by atoms with Crippen LogP contribution in [0.1, 0.15) is 52.9 Å². The molecular formula is C19H32N4O4. The maximum atomic E-state index is 12.9. The van der Waals surface area contributed by atoms with Gasteiger partial charge in [-0.2, -0.15) is 0 Å². The molecule has 1 heterocycles. The van der Waals surface area contributed by atoms with E-state index in [2.05, 4.69) is 10.3 Å². The van der Waals surface area contributed by atoms with Crippen molar-refractivity contribution in [3.05, 3.63) is 22.5 Å². The molecule has 0 bridgehead atoms. The zero-order chi connectivity index (χ0) is 20.9. The number of Topliss-reactive ketones (excluding diaryl/α,β-unsaturated/α-hetero) is 1. The van der Waals surface area contributed by atoms with E-state index in [1.165, 1.54) is 12.0 Å². The van der Waals surface area contributed by atoms with Crippen molar-refractivity contribution in [3.63, 3.8) is 0 Å². The number of hydrogen-bond donors (Lipinski definition) is 2. The predicted octanol–water partition coefficient (Wildman–Crippen LogP) is 1.97. The van der Waals surface area contributed by atoms with Crippen LogP contribution in [0.5, 0.6) is 0 Å². The van der Waals surface area contributed by atoms with Gasteiger partial charge in [0.15, 0.2) is 5.78 Å². The number of ether oxygens (including phenoxy) is 1. The Morgan fingerprint density at radius 2 is 1.70 bits per heavy atom. The molecule has 8 heteroatoms. The van der Waals surface area contributed by atoms with Gasteiger partial charge in [-0.3, -0.25) is 4.79 Å². The fourth-order valence-electron chi connectivity index (χ4n) is 2.70. The number of nitrogens with one attached hydrogen (secondary N) is 2. The van der Waals surface area contributed by atoms with Crippen molar-refractivity contribution in [2.75, 3.05) is 40.8 Å². The maximum Gasteiger partial charge on any atom is 0.354 e. The van der Waals surface area contributed by atoms with Gasteiger partial charge in [-0.1, -0.05) is 0 Å². The van der Waals surface area contributed by atoms with E-state index in [4.69, 9.17) is 4.74 Å². The normalized spacial score (nSPS) is 11.4. The third-order valence-electron chi connectivity index (χ3n) is 4.03. The second-order valence-corrected chi connectivity index (χ2v) is 7.94. The van der Waals surface area contributed by atoms with Crippen LogP contribution in [0.25, 0.3) is 0 Å². The van der Waals surface area contributed by atoms with E-state index in [0.717, 1.165) is 0 Å². The average molecular weight is 380 g/mol. The molecule has 0 saturated carbocycles. The minimum atomic E-state index is -0.524. The summed E-state index contributed by atoms with van der Waals surface area (Å²) in [5.74, 6) is -0.746. The van der Waals surface area contributed by atoms with Crippen molar-refractivity contribution in [3.8, 4) is 0 Å². The Morgan fingerprint density at radius 3 is 2.19 bits per heavy atom. The number of aromatic amines is 1. The van der Waals surface area contributed by atoms with Gasteiger partial charge in [-0.15, -0.1) is 0 Å². The second kappa shape index (κ2) is 9.03. The van der Waals surface area contributed by atoms with Crippen LogP contribution in [0.2, 0.25) is 0 Å². The van der Waals surface area contributed by atoms with Crippen LogP contribution in [-0.4, -0.2) is 78.9 Å². The van der Waals surface area contributed by atoms with Crippen LogP contribution in [0.4, 0.5) is 4.79 Å². The lowest BCUT2D eigenvalue weighted by Gasteiger charge is -2.29. The minimum absolute atomic E-state index is 0.0735. The van der Waals surface area contributed by atoms with E-state index in [1.54, 1.807) is 13.8 Å². The number of esters is 1. The molecule has 0 unspecified atom stereocenters. The lowest BCUT2D eigenvalue weighted by molar-refractivity contribution is 0.0593. The highest BCUT2D eigenvalue weighted by molar-refractivity contribution is 6.04. The SMILES string of the molecule is COC(=O)c1[nH]c(C)c(C(=O)CN(CCN(C)C)C(=O)NC(C)(C)C)c1C. The molecule has 0 spiro atoms. The summed E-state index contributed by atoms with van der Waals surface area (Å²) in [5.41, 5.74) is 1.40. The molecule has 0 atom stereocenters. The summed E-state index contributed by atoms with van der Waals surface area (Å²) in [5, 5.41) is 2.90. The summed E-state index contributed by atoms with van der Waals surface area (Å²) >= 11 is 0. The summed E-state index contributed by atoms with van der Waals surface area (Å²) in [6.45, 7) is 10.1. The number of nitrogens with zero attached hydrogens (tertiary/aromatic N) is 2. The first kappa shape index (κ1) is 22.7. The number of aromatic nitrogens is 1. The van der Waals surface area contributed by atoms with E-state index in [1.807, 2.05) is 39.8 Å². The summed E-state index contributed by atoms with van der Waals surface area (Å²) in [6.07, 6.45) is 0. The number of urea groups is 1. The first-order chi connectivity index (χ1) is 12.4. The Labute approximate surface area is 161 Å². The van der Waals surface area contributed by atoms with Crippen molar-refractivity contribution in [2.45, 2.75) is 40.2 Å². The number of methoxy groups -OCH3 is 1. The van der Waals surface area contributed by atoms with Crippen molar-refractivity contribution in [2.24, 2.45) is 0 Å². The smallest absolute Gasteiger partial charge is 0.354 e. The molecule has 1 aromatic heterocycles. The van der Waals surface area contributed by atoms with E-state index >= 15 is 0 Å². The molecule has 8 nitrogen and oxygen atoms in total. The number of rotatable bonds is 7. The Balaban J connectivity index is 3.07. The van der Waals surface area contributed by atoms with Crippen LogP contribution in [0, 0.1) is 13.8 Å². The number of H-pyrrole nitrogens is 1. The average Bonchev–Trinajstić information content (AvgIpc) is 2.83. The molecule has 152 valence electrons. The molecule has 1 rings (SSSR count). The summed E-state index contributed by atoms with van der Waals surface area (Å²) in [7, 11) is 5.11. The number of carbonyl (C=O) groups is 3. The van der Waals surface area contributed by atoms with Crippen LogP contribution < -0.4 is 5.32 Å². The highest BCUT2D eigenvalue weighted by atomic mass is 16.5. The topological polar surface area (TPSA) is 94.7 Å². The standard InChI is InChI=1S/C19H32N4O4/c1-12-15(13(2)20-16(12)17(25)27-8)14(24)11-23(10-9-22(6)7)18(26)21-19(3,4)5/h20H,9-11H2,1-8H3,(H,21,26). The van der Waals surface area contributed by atoms with Crippen LogP contribution in [0.15, 0.2) is 0 Å². The Kier molecular flexibility index (Phi) is 7.59. The van der Waals surface area contributed by atoms with Gasteiger partial charge < -0.3 is 24.8 Å². The molecular weight excluding hydrogens is 348 g/mol. The number of hydrogen-bond acceptors (Lipinski definition) is 5.